The highest BCUT2D eigenvalue weighted by Gasteiger charge is 2.43. The number of benzene rings is 2. The van der Waals surface area contributed by atoms with Gasteiger partial charge in [-0.3, -0.25) is 9.59 Å². The second kappa shape index (κ2) is 8.06. The average molecular weight is 422 g/mol. The summed E-state index contributed by atoms with van der Waals surface area (Å²) < 4.78 is 5.50. The predicted octanol–water partition coefficient (Wildman–Crippen LogP) is 3.14. The summed E-state index contributed by atoms with van der Waals surface area (Å²) in [7, 11) is 0. The molecule has 0 spiro atoms. The van der Waals surface area contributed by atoms with Crippen LogP contribution in [0.3, 0.4) is 0 Å². The number of amides is 2. The molecule has 2 aliphatic carbocycles. The molecule has 0 heterocycles. The van der Waals surface area contributed by atoms with Crippen molar-refractivity contribution in [2.45, 2.75) is 31.7 Å². The molecule has 31 heavy (non-hydrogen) atoms. The van der Waals surface area contributed by atoms with Crippen LogP contribution in [-0.4, -0.2) is 41.8 Å². The third kappa shape index (κ3) is 4.26. The first-order valence-corrected chi connectivity index (χ1v) is 10.4. The summed E-state index contributed by atoms with van der Waals surface area (Å²) in [6.45, 7) is 3.63. The summed E-state index contributed by atoms with van der Waals surface area (Å²) in [4.78, 5) is 35.8. The first kappa shape index (κ1) is 20.9. The van der Waals surface area contributed by atoms with Crippen LogP contribution in [0, 0.1) is 11.8 Å². The number of carboxylic acid groups (broad SMARTS) is 1. The minimum absolute atomic E-state index is 0.0493. The lowest BCUT2D eigenvalue weighted by atomic mass is 9.98. The Kier molecular flexibility index (Phi) is 5.43. The molecule has 1 fully saturated rings. The van der Waals surface area contributed by atoms with Gasteiger partial charge in [-0.1, -0.05) is 48.5 Å². The molecule has 2 amide bonds. The lowest BCUT2D eigenvalue weighted by molar-refractivity contribution is -0.139. The van der Waals surface area contributed by atoms with Crippen LogP contribution in [-0.2, 0) is 14.3 Å². The Bertz CT molecular complexity index is 987. The Balaban J connectivity index is 1.33. The van der Waals surface area contributed by atoms with Gasteiger partial charge in [-0.25, -0.2) is 4.79 Å². The van der Waals surface area contributed by atoms with E-state index < -0.39 is 23.5 Å². The average Bonchev–Trinajstić information content (AvgIpc) is 3.46. The number of ether oxygens (including phenoxy) is 1. The third-order valence-corrected chi connectivity index (χ3v) is 6.09. The highest BCUT2D eigenvalue weighted by atomic mass is 16.5. The number of carbonyl (C=O) groups excluding carboxylic acids is 2. The molecular formula is C24H26N2O5. The SMILES string of the molecule is CC(C)(NC(=O)OCC1c2ccccc2-c2ccccc21)C(=O)NC[C@H]1C[C@H]1C(=O)O. The van der Waals surface area contributed by atoms with Crippen molar-refractivity contribution in [3.63, 3.8) is 0 Å². The maximum absolute atomic E-state index is 12.5. The van der Waals surface area contributed by atoms with Crippen LogP contribution in [0.15, 0.2) is 48.5 Å². The zero-order valence-corrected chi connectivity index (χ0v) is 17.6. The van der Waals surface area contributed by atoms with Crippen molar-refractivity contribution in [3.05, 3.63) is 59.7 Å². The van der Waals surface area contributed by atoms with Crippen LogP contribution >= 0.6 is 0 Å². The molecule has 2 aromatic rings. The molecule has 1 saturated carbocycles. The van der Waals surface area contributed by atoms with Crippen molar-refractivity contribution in [1.29, 1.82) is 0 Å². The smallest absolute Gasteiger partial charge is 0.408 e. The van der Waals surface area contributed by atoms with Crippen LogP contribution in [0.4, 0.5) is 4.79 Å². The van der Waals surface area contributed by atoms with Gasteiger partial charge in [0.15, 0.2) is 0 Å². The molecule has 4 rings (SSSR count). The Morgan fingerprint density at radius 2 is 1.61 bits per heavy atom. The second-order valence-corrected chi connectivity index (χ2v) is 8.73. The maximum Gasteiger partial charge on any atom is 0.408 e. The number of aliphatic carboxylic acids is 1. The zero-order valence-electron chi connectivity index (χ0n) is 17.6. The van der Waals surface area contributed by atoms with Crippen LogP contribution in [0.5, 0.6) is 0 Å². The van der Waals surface area contributed by atoms with E-state index >= 15 is 0 Å². The monoisotopic (exact) mass is 422 g/mol. The van der Waals surface area contributed by atoms with Crippen LogP contribution in [0.25, 0.3) is 11.1 Å². The van der Waals surface area contributed by atoms with Crippen molar-refractivity contribution >= 4 is 18.0 Å². The van der Waals surface area contributed by atoms with Crippen LogP contribution < -0.4 is 10.6 Å². The molecule has 162 valence electrons. The van der Waals surface area contributed by atoms with Crippen molar-refractivity contribution in [2.75, 3.05) is 13.2 Å². The van der Waals surface area contributed by atoms with Crippen molar-refractivity contribution in [3.8, 4) is 11.1 Å². The number of carbonyl (C=O) groups is 3. The Morgan fingerprint density at radius 1 is 1.03 bits per heavy atom. The second-order valence-electron chi connectivity index (χ2n) is 8.73. The fourth-order valence-corrected chi connectivity index (χ4v) is 4.17. The van der Waals surface area contributed by atoms with Gasteiger partial charge in [-0.15, -0.1) is 0 Å². The minimum Gasteiger partial charge on any atom is -0.481 e. The Morgan fingerprint density at radius 3 is 2.16 bits per heavy atom. The number of hydrogen-bond donors (Lipinski definition) is 3. The first-order valence-electron chi connectivity index (χ1n) is 10.4. The molecule has 2 aromatic carbocycles. The fourth-order valence-electron chi connectivity index (χ4n) is 4.17. The number of rotatable bonds is 7. The van der Waals surface area contributed by atoms with E-state index in [1.54, 1.807) is 13.8 Å². The van der Waals surface area contributed by atoms with Gasteiger partial charge < -0.3 is 20.5 Å². The topological polar surface area (TPSA) is 105 Å². The molecular weight excluding hydrogens is 396 g/mol. The fraction of sp³-hybridized carbons (Fsp3) is 0.375. The quantitative estimate of drug-likeness (QED) is 0.636. The highest BCUT2D eigenvalue weighted by molar-refractivity contribution is 5.89. The molecule has 0 aromatic heterocycles. The number of hydrogen-bond acceptors (Lipinski definition) is 4. The molecule has 0 saturated heterocycles. The van der Waals surface area contributed by atoms with E-state index in [0.29, 0.717) is 6.42 Å². The molecule has 0 aliphatic heterocycles. The summed E-state index contributed by atoms with van der Waals surface area (Å²) in [5.74, 6) is -1.71. The minimum atomic E-state index is -1.18. The molecule has 7 heteroatoms. The van der Waals surface area contributed by atoms with Gasteiger partial charge in [0.25, 0.3) is 0 Å². The van der Waals surface area contributed by atoms with Gasteiger partial charge in [-0.05, 0) is 48.4 Å². The summed E-state index contributed by atoms with van der Waals surface area (Å²) in [6.07, 6.45) is -0.104. The van der Waals surface area contributed by atoms with Crippen molar-refractivity contribution in [2.24, 2.45) is 11.8 Å². The molecule has 0 radical (unpaired) electrons. The van der Waals surface area contributed by atoms with E-state index in [1.807, 2.05) is 36.4 Å². The van der Waals surface area contributed by atoms with Crippen LogP contribution in [0.2, 0.25) is 0 Å². The van der Waals surface area contributed by atoms with Crippen LogP contribution in [0.1, 0.15) is 37.3 Å². The summed E-state index contributed by atoms with van der Waals surface area (Å²) in [5, 5.41) is 14.3. The Hall–Kier alpha value is -3.35. The normalized spacial score (nSPS) is 19.2. The van der Waals surface area contributed by atoms with E-state index in [9.17, 15) is 14.4 Å². The van der Waals surface area contributed by atoms with Crippen molar-refractivity contribution in [1.82, 2.24) is 10.6 Å². The summed E-state index contributed by atoms with van der Waals surface area (Å²) >= 11 is 0. The Labute approximate surface area is 180 Å². The molecule has 0 bridgehead atoms. The van der Waals surface area contributed by atoms with E-state index in [0.717, 1.165) is 22.3 Å². The lowest BCUT2D eigenvalue weighted by Gasteiger charge is -2.25. The molecule has 2 atom stereocenters. The third-order valence-electron chi connectivity index (χ3n) is 6.09. The summed E-state index contributed by atoms with van der Waals surface area (Å²) in [6, 6.07) is 16.1. The lowest BCUT2D eigenvalue weighted by Crippen LogP contribution is -2.55. The largest absolute Gasteiger partial charge is 0.481 e. The van der Waals surface area contributed by atoms with E-state index in [1.165, 1.54) is 0 Å². The molecule has 3 N–H and O–H groups in total. The van der Waals surface area contributed by atoms with Crippen molar-refractivity contribution < 1.29 is 24.2 Å². The van der Waals surface area contributed by atoms with E-state index in [4.69, 9.17) is 9.84 Å². The molecule has 0 unspecified atom stereocenters. The number of carboxylic acids is 1. The van der Waals surface area contributed by atoms with Gasteiger partial charge in [0.1, 0.15) is 12.1 Å². The predicted molar refractivity (Wildman–Crippen MR) is 115 cm³/mol. The van der Waals surface area contributed by atoms with E-state index in [2.05, 4.69) is 22.8 Å². The van der Waals surface area contributed by atoms with Gasteiger partial charge in [0, 0.05) is 12.5 Å². The highest BCUT2D eigenvalue weighted by Crippen LogP contribution is 2.44. The molecule has 2 aliphatic rings. The number of alkyl carbamates (subject to hydrolysis) is 1. The van der Waals surface area contributed by atoms with Gasteiger partial charge >= 0.3 is 12.1 Å². The molecule has 7 nitrogen and oxygen atoms in total. The van der Waals surface area contributed by atoms with Gasteiger partial charge in [-0.2, -0.15) is 0 Å². The standard InChI is InChI=1S/C24H26N2O5/c1-24(2,22(29)25-12-14-11-19(14)21(27)28)26-23(30)31-13-20-17-9-5-3-7-15(17)16-8-4-6-10-18(16)20/h3-10,14,19-20H,11-13H2,1-2H3,(H,25,29)(H,26,30)(H,27,28)/t14-,19-/m1/s1. The summed E-state index contributed by atoms with van der Waals surface area (Å²) in [5.41, 5.74) is 3.34. The first-order chi connectivity index (χ1) is 14.8. The maximum atomic E-state index is 12.5. The van der Waals surface area contributed by atoms with E-state index in [-0.39, 0.29) is 30.9 Å². The van der Waals surface area contributed by atoms with Gasteiger partial charge in [0.05, 0.1) is 5.92 Å². The zero-order chi connectivity index (χ0) is 22.2. The van der Waals surface area contributed by atoms with Gasteiger partial charge in [0.2, 0.25) is 5.91 Å². The number of nitrogens with one attached hydrogen (secondary N) is 2. The number of fused-ring (bicyclic) bond motifs is 3.